The van der Waals surface area contributed by atoms with Gasteiger partial charge in [0, 0.05) is 36.6 Å². The molecule has 0 spiro atoms. The van der Waals surface area contributed by atoms with Crippen LogP contribution in [0.2, 0.25) is 5.02 Å². The topological polar surface area (TPSA) is 74.5 Å². The van der Waals surface area contributed by atoms with Gasteiger partial charge in [-0.05, 0) is 43.5 Å². The first-order valence-corrected chi connectivity index (χ1v) is 10.8. The Hall–Kier alpha value is -2.70. The number of H-pyrrole nitrogens is 1. The van der Waals surface area contributed by atoms with E-state index in [1.54, 1.807) is 0 Å². The first-order chi connectivity index (χ1) is 14.7. The molecule has 0 amide bonds. The molecule has 0 fully saturated rings. The highest BCUT2D eigenvalue weighted by molar-refractivity contribution is 6.30. The van der Waals surface area contributed by atoms with E-state index < -0.39 is 0 Å². The maximum absolute atomic E-state index is 12.7. The maximum Gasteiger partial charge on any atom is 0.255 e. The summed E-state index contributed by atoms with van der Waals surface area (Å²) in [5, 5.41) is 0.684. The zero-order chi connectivity index (χ0) is 20.5. The third-order valence-corrected chi connectivity index (χ3v) is 5.93. The Kier molecular flexibility index (Phi) is 5.27. The molecule has 7 heteroatoms. The van der Waals surface area contributed by atoms with E-state index in [2.05, 4.69) is 14.9 Å². The van der Waals surface area contributed by atoms with Gasteiger partial charge >= 0.3 is 0 Å². The van der Waals surface area contributed by atoms with Crippen molar-refractivity contribution >= 4 is 17.3 Å². The molecule has 2 aliphatic heterocycles. The average Bonchev–Trinajstić information content (AvgIpc) is 3.23. The van der Waals surface area contributed by atoms with Gasteiger partial charge in [-0.25, -0.2) is 4.98 Å². The van der Waals surface area contributed by atoms with Crippen LogP contribution in [0.15, 0.2) is 50.6 Å². The second-order valence-corrected chi connectivity index (χ2v) is 8.30. The zero-order valence-electron chi connectivity index (χ0n) is 16.7. The van der Waals surface area contributed by atoms with Crippen molar-refractivity contribution in [2.75, 3.05) is 13.1 Å². The molecular formula is C23H23ClN4O2. The predicted octanol–water partition coefficient (Wildman–Crippen LogP) is 4.21. The van der Waals surface area contributed by atoms with Crippen molar-refractivity contribution < 1.29 is 4.42 Å². The van der Waals surface area contributed by atoms with Gasteiger partial charge < -0.3 is 9.40 Å². The summed E-state index contributed by atoms with van der Waals surface area (Å²) in [6, 6.07) is 11.6. The van der Waals surface area contributed by atoms with Gasteiger partial charge in [0.05, 0.1) is 23.5 Å². The lowest BCUT2D eigenvalue weighted by Gasteiger charge is -2.27. The molecule has 2 aromatic heterocycles. The Morgan fingerprint density at radius 3 is 2.93 bits per heavy atom. The average molecular weight is 423 g/mol. The lowest BCUT2D eigenvalue weighted by molar-refractivity contribution is 0.223. The fourth-order valence-corrected chi connectivity index (χ4v) is 4.31. The van der Waals surface area contributed by atoms with E-state index in [4.69, 9.17) is 21.0 Å². The smallest absolute Gasteiger partial charge is 0.255 e. The van der Waals surface area contributed by atoms with Gasteiger partial charge in [0.15, 0.2) is 5.82 Å². The van der Waals surface area contributed by atoms with Crippen LogP contribution in [-0.2, 0) is 19.5 Å². The number of hydrogen-bond acceptors (Lipinski definition) is 5. The van der Waals surface area contributed by atoms with Crippen molar-refractivity contribution in [2.45, 2.75) is 38.8 Å². The second kappa shape index (κ2) is 8.20. The summed E-state index contributed by atoms with van der Waals surface area (Å²) in [6.45, 7) is 2.87. The molecule has 0 saturated heterocycles. The number of halogens is 1. The summed E-state index contributed by atoms with van der Waals surface area (Å²) >= 11 is 6.08. The first-order valence-electron chi connectivity index (χ1n) is 10.4. The molecule has 0 atom stereocenters. The van der Waals surface area contributed by atoms with Crippen molar-refractivity contribution in [3.63, 3.8) is 0 Å². The largest absolute Gasteiger partial charge is 0.460 e. The molecule has 4 heterocycles. The number of nitrogens with zero attached hydrogens (tertiary/aromatic N) is 3. The summed E-state index contributed by atoms with van der Waals surface area (Å²) in [6.07, 6.45) is 3.86. The molecule has 6 nitrogen and oxygen atoms in total. The van der Waals surface area contributed by atoms with Crippen molar-refractivity contribution in [3.8, 4) is 11.3 Å². The molecule has 1 aromatic carbocycles. The minimum Gasteiger partial charge on any atom is -0.460 e. The third-order valence-electron chi connectivity index (χ3n) is 5.70. The van der Waals surface area contributed by atoms with Crippen LogP contribution < -0.4 is 5.56 Å². The Morgan fingerprint density at radius 2 is 2.10 bits per heavy atom. The molecule has 0 radical (unpaired) electrons. The van der Waals surface area contributed by atoms with Crippen LogP contribution in [0.1, 0.15) is 42.1 Å². The van der Waals surface area contributed by atoms with E-state index >= 15 is 0 Å². The number of aromatic amines is 1. The van der Waals surface area contributed by atoms with E-state index in [1.165, 1.54) is 0 Å². The van der Waals surface area contributed by atoms with Gasteiger partial charge in [-0.3, -0.25) is 14.7 Å². The van der Waals surface area contributed by atoms with E-state index in [0.717, 1.165) is 72.8 Å². The molecule has 154 valence electrons. The molecule has 0 unspecified atom stereocenters. The van der Waals surface area contributed by atoms with Gasteiger partial charge in [-0.1, -0.05) is 23.7 Å². The maximum atomic E-state index is 12.7. The normalized spacial score (nSPS) is 16.9. The molecule has 5 rings (SSSR count). The Balaban J connectivity index is 1.32. The summed E-state index contributed by atoms with van der Waals surface area (Å²) in [4.78, 5) is 27.2. The van der Waals surface area contributed by atoms with Gasteiger partial charge in [0.2, 0.25) is 0 Å². The van der Waals surface area contributed by atoms with Crippen LogP contribution >= 0.6 is 11.6 Å². The monoisotopic (exact) mass is 422 g/mol. The fourth-order valence-electron chi connectivity index (χ4n) is 4.12. The van der Waals surface area contributed by atoms with E-state index in [-0.39, 0.29) is 5.56 Å². The molecule has 30 heavy (non-hydrogen) atoms. The lowest BCUT2D eigenvalue weighted by Crippen LogP contribution is -2.36. The van der Waals surface area contributed by atoms with Crippen molar-refractivity contribution in [1.82, 2.24) is 14.9 Å². The Morgan fingerprint density at radius 1 is 1.17 bits per heavy atom. The molecule has 1 N–H and O–H groups in total. The van der Waals surface area contributed by atoms with Crippen LogP contribution in [0, 0.1) is 0 Å². The van der Waals surface area contributed by atoms with Crippen LogP contribution in [0.3, 0.4) is 0 Å². The van der Waals surface area contributed by atoms with Crippen LogP contribution in [0.5, 0.6) is 0 Å². The molecule has 2 aliphatic rings. The van der Waals surface area contributed by atoms with Crippen molar-refractivity contribution in [1.29, 1.82) is 0 Å². The summed E-state index contributed by atoms with van der Waals surface area (Å²) in [5.41, 5.74) is 3.50. The number of furan rings is 1. The van der Waals surface area contributed by atoms with E-state index in [9.17, 15) is 4.79 Å². The Labute approximate surface area is 179 Å². The quantitative estimate of drug-likeness (QED) is 0.683. The fraction of sp³-hybridized carbons (Fsp3) is 0.348. The lowest BCUT2D eigenvalue weighted by atomic mass is 10.1. The van der Waals surface area contributed by atoms with Gasteiger partial charge in [0.1, 0.15) is 11.5 Å². The SMILES string of the molecule is O=c1[nH]c(C2=NCCCC2)nc2c1CN(Cc1ccc(-c3cccc(Cl)c3)o1)CC2. The number of nitrogens with one attached hydrogen (secondary N) is 1. The molecule has 0 bridgehead atoms. The summed E-state index contributed by atoms with van der Waals surface area (Å²) < 4.78 is 6.03. The van der Waals surface area contributed by atoms with Crippen LogP contribution in [-0.4, -0.2) is 33.7 Å². The molecule has 0 saturated carbocycles. The highest BCUT2D eigenvalue weighted by Crippen LogP contribution is 2.26. The number of aliphatic imine (C=N–C) groups is 1. The number of aromatic nitrogens is 2. The van der Waals surface area contributed by atoms with Gasteiger partial charge in [0.25, 0.3) is 5.56 Å². The molecular weight excluding hydrogens is 400 g/mol. The summed E-state index contributed by atoms with van der Waals surface area (Å²) in [7, 11) is 0. The van der Waals surface area contributed by atoms with E-state index in [0.29, 0.717) is 23.9 Å². The van der Waals surface area contributed by atoms with Crippen LogP contribution in [0.25, 0.3) is 11.3 Å². The highest BCUT2D eigenvalue weighted by atomic mass is 35.5. The standard InChI is InChI=1S/C23H23ClN4O2/c24-16-5-3-4-15(12-16)21-8-7-17(30-21)13-28-11-9-19-18(14-28)23(29)27-22(26-19)20-6-1-2-10-25-20/h3-5,7-8,12H,1-2,6,9-11,13-14H2,(H,26,27,29). The number of benzene rings is 1. The minimum atomic E-state index is -0.0490. The van der Waals surface area contributed by atoms with Crippen molar-refractivity contribution in [2.24, 2.45) is 4.99 Å². The summed E-state index contributed by atoms with van der Waals surface area (Å²) in [5.74, 6) is 2.32. The Bertz CT molecular complexity index is 1160. The van der Waals surface area contributed by atoms with Gasteiger partial charge in [-0.2, -0.15) is 0 Å². The van der Waals surface area contributed by atoms with E-state index in [1.807, 2.05) is 36.4 Å². The zero-order valence-corrected chi connectivity index (χ0v) is 17.4. The van der Waals surface area contributed by atoms with Crippen molar-refractivity contribution in [3.05, 3.63) is 74.6 Å². The number of fused-ring (bicyclic) bond motifs is 1. The van der Waals surface area contributed by atoms with Crippen LogP contribution in [0.4, 0.5) is 0 Å². The number of hydrogen-bond donors (Lipinski definition) is 1. The molecule has 3 aromatic rings. The highest BCUT2D eigenvalue weighted by Gasteiger charge is 2.23. The van der Waals surface area contributed by atoms with Gasteiger partial charge in [-0.15, -0.1) is 0 Å². The number of rotatable bonds is 4. The second-order valence-electron chi connectivity index (χ2n) is 7.86. The molecule has 0 aliphatic carbocycles. The predicted molar refractivity (Wildman–Crippen MR) is 117 cm³/mol. The first kappa shape index (κ1) is 19.3. The third kappa shape index (κ3) is 3.98. The minimum absolute atomic E-state index is 0.0490.